The zero-order valence-corrected chi connectivity index (χ0v) is 15.9. The normalized spacial score (nSPS) is 21.9. The summed E-state index contributed by atoms with van der Waals surface area (Å²) in [6.45, 7) is 4.14. The van der Waals surface area contributed by atoms with Gasteiger partial charge in [-0.05, 0) is 38.7 Å². The van der Waals surface area contributed by atoms with Gasteiger partial charge in [-0.1, -0.05) is 0 Å². The maximum atomic E-state index is 12.6. The number of ether oxygens (including phenoxy) is 1. The van der Waals surface area contributed by atoms with Gasteiger partial charge in [0.15, 0.2) is 0 Å². The second kappa shape index (κ2) is 7.64. The van der Waals surface area contributed by atoms with E-state index >= 15 is 0 Å². The molecular weight excluding hydrogens is 344 g/mol. The Morgan fingerprint density at radius 2 is 2.22 bits per heavy atom. The van der Waals surface area contributed by atoms with Crippen molar-refractivity contribution in [2.45, 2.75) is 51.3 Å². The van der Waals surface area contributed by atoms with E-state index in [1.165, 1.54) is 6.42 Å². The first-order valence-electron chi connectivity index (χ1n) is 9.57. The van der Waals surface area contributed by atoms with E-state index in [-0.39, 0.29) is 18.1 Å². The molecule has 144 valence electrons. The highest BCUT2D eigenvalue weighted by Gasteiger charge is 2.33. The van der Waals surface area contributed by atoms with Crippen LogP contribution < -0.4 is 10.2 Å². The first-order valence-corrected chi connectivity index (χ1v) is 9.57. The largest absolute Gasteiger partial charge is 0.380 e. The Bertz CT molecular complexity index is 797. The predicted octanol–water partition coefficient (Wildman–Crippen LogP) is 1.34. The molecular formula is C19H26N6O2. The molecule has 27 heavy (non-hydrogen) atoms. The minimum atomic E-state index is -0.114. The lowest BCUT2D eigenvalue weighted by Gasteiger charge is -2.25. The van der Waals surface area contributed by atoms with E-state index < -0.39 is 0 Å². The molecule has 2 aliphatic heterocycles. The Morgan fingerprint density at radius 3 is 3.00 bits per heavy atom. The first-order chi connectivity index (χ1) is 13.1. The summed E-state index contributed by atoms with van der Waals surface area (Å²) in [4.78, 5) is 23.4. The lowest BCUT2D eigenvalue weighted by atomic mass is 10.1. The number of nitrogens with zero attached hydrogens (tertiary/aromatic N) is 5. The third-order valence-corrected chi connectivity index (χ3v) is 5.44. The van der Waals surface area contributed by atoms with Crippen molar-refractivity contribution in [1.29, 1.82) is 0 Å². The Hall–Kier alpha value is -2.48. The van der Waals surface area contributed by atoms with E-state index in [0.29, 0.717) is 12.2 Å². The predicted molar refractivity (Wildman–Crippen MR) is 101 cm³/mol. The van der Waals surface area contributed by atoms with E-state index in [0.717, 1.165) is 49.6 Å². The van der Waals surface area contributed by atoms with E-state index in [4.69, 9.17) is 4.74 Å². The second-order valence-corrected chi connectivity index (χ2v) is 7.33. The molecule has 8 nitrogen and oxygen atoms in total. The van der Waals surface area contributed by atoms with Crippen molar-refractivity contribution < 1.29 is 9.53 Å². The van der Waals surface area contributed by atoms with Gasteiger partial charge in [-0.15, -0.1) is 0 Å². The Morgan fingerprint density at radius 1 is 1.33 bits per heavy atom. The van der Waals surface area contributed by atoms with Crippen LogP contribution >= 0.6 is 0 Å². The van der Waals surface area contributed by atoms with E-state index in [9.17, 15) is 4.79 Å². The highest BCUT2D eigenvalue weighted by molar-refractivity contribution is 5.92. The number of rotatable bonds is 5. The van der Waals surface area contributed by atoms with Crippen molar-refractivity contribution in [1.82, 2.24) is 25.1 Å². The molecule has 0 radical (unpaired) electrons. The molecule has 2 aliphatic rings. The average Bonchev–Trinajstić information content (AvgIpc) is 3.30. The molecule has 1 fully saturated rings. The molecule has 0 spiro atoms. The monoisotopic (exact) mass is 370 g/mol. The fourth-order valence-corrected chi connectivity index (χ4v) is 3.95. The quantitative estimate of drug-likeness (QED) is 0.855. The number of carbonyl (C=O) groups is 1. The van der Waals surface area contributed by atoms with Gasteiger partial charge in [0, 0.05) is 44.2 Å². The molecule has 2 aromatic heterocycles. The van der Waals surface area contributed by atoms with Gasteiger partial charge in [-0.3, -0.25) is 9.48 Å². The fraction of sp³-hybridized carbons (Fsp3) is 0.579. The molecule has 2 atom stereocenters. The van der Waals surface area contributed by atoms with Gasteiger partial charge >= 0.3 is 0 Å². The zero-order chi connectivity index (χ0) is 18.8. The number of aromatic nitrogens is 4. The molecule has 4 heterocycles. The van der Waals surface area contributed by atoms with Crippen LogP contribution in [0.15, 0.2) is 18.5 Å². The summed E-state index contributed by atoms with van der Waals surface area (Å²) in [6, 6.07) is 4.02. The summed E-state index contributed by atoms with van der Waals surface area (Å²) in [6.07, 6.45) is 5.85. The third kappa shape index (κ3) is 3.80. The van der Waals surface area contributed by atoms with Gasteiger partial charge in [-0.2, -0.15) is 5.10 Å². The van der Waals surface area contributed by atoms with Crippen molar-refractivity contribution >= 4 is 11.7 Å². The molecule has 0 bridgehead atoms. The van der Waals surface area contributed by atoms with Crippen LogP contribution in [0.25, 0.3) is 0 Å². The molecule has 0 saturated carbocycles. The van der Waals surface area contributed by atoms with Gasteiger partial charge in [0.05, 0.1) is 12.1 Å². The summed E-state index contributed by atoms with van der Waals surface area (Å²) < 4.78 is 7.52. The maximum Gasteiger partial charge on any atom is 0.271 e. The number of hydrogen-bond donors (Lipinski definition) is 1. The topological polar surface area (TPSA) is 85.2 Å². The molecule has 1 N–H and O–H groups in total. The van der Waals surface area contributed by atoms with Gasteiger partial charge in [0.25, 0.3) is 5.91 Å². The SMILES string of the molecule is CO[C@@H]1C[C@H](CNC(=O)c2cc3n(n2)CCCC3)N(c2cc(C)ncn2)C1. The minimum absolute atomic E-state index is 0.114. The number of carbonyl (C=O) groups excluding carboxylic acids is 1. The average molecular weight is 370 g/mol. The highest BCUT2D eigenvalue weighted by Crippen LogP contribution is 2.25. The number of fused-ring (bicyclic) bond motifs is 1. The first kappa shape index (κ1) is 17.9. The van der Waals surface area contributed by atoms with Crippen molar-refractivity contribution in [2.75, 3.05) is 25.1 Å². The molecule has 0 unspecified atom stereocenters. The van der Waals surface area contributed by atoms with Crippen molar-refractivity contribution in [2.24, 2.45) is 0 Å². The highest BCUT2D eigenvalue weighted by atomic mass is 16.5. The van der Waals surface area contributed by atoms with Gasteiger partial charge in [-0.25, -0.2) is 9.97 Å². The lowest BCUT2D eigenvalue weighted by molar-refractivity contribution is 0.0940. The van der Waals surface area contributed by atoms with Crippen molar-refractivity contribution in [3.8, 4) is 0 Å². The summed E-state index contributed by atoms with van der Waals surface area (Å²) in [7, 11) is 1.73. The van der Waals surface area contributed by atoms with Gasteiger partial charge < -0.3 is 15.0 Å². The van der Waals surface area contributed by atoms with Crippen LogP contribution in [0.5, 0.6) is 0 Å². The smallest absolute Gasteiger partial charge is 0.271 e. The summed E-state index contributed by atoms with van der Waals surface area (Å²) in [5, 5.41) is 7.52. The van der Waals surface area contributed by atoms with Crippen LogP contribution in [-0.4, -0.2) is 58.0 Å². The van der Waals surface area contributed by atoms with E-state index in [1.54, 1.807) is 13.4 Å². The lowest BCUT2D eigenvalue weighted by Crippen LogP contribution is -2.40. The standard InChI is InChI=1S/C19H26N6O2/c1-13-7-18(22-12-21-13)24-11-16(27-2)8-15(24)10-20-19(26)17-9-14-5-3-4-6-25(14)23-17/h7,9,12,15-16H,3-6,8,10-11H2,1-2H3,(H,20,26)/t15-,16-/m1/s1. The number of anilines is 1. The minimum Gasteiger partial charge on any atom is -0.380 e. The Balaban J connectivity index is 1.43. The summed E-state index contributed by atoms with van der Waals surface area (Å²) >= 11 is 0. The Kier molecular flexibility index (Phi) is 5.07. The van der Waals surface area contributed by atoms with E-state index in [1.807, 2.05) is 23.7 Å². The number of nitrogens with one attached hydrogen (secondary N) is 1. The molecule has 8 heteroatoms. The van der Waals surface area contributed by atoms with Crippen LogP contribution in [0, 0.1) is 6.92 Å². The van der Waals surface area contributed by atoms with Crippen LogP contribution in [0.2, 0.25) is 0 Å². The van der Waals surface area contributed by atoms with Crippen molar-refractivity contribution in [3.05, 3.63) is 35.5 Å². The second-order valence-electron chi connectivity index (χ2n) is 7.33. The summed E-state index contributed by atoms with van der Waals surface area (Å²) in [5.74, 6) is 0.760. The molecule has 4 rings (SSSR count). The number of hydrogen-bond acceptors (Lipinski definition) is 6. The van der Waals surface area contributed by atoms with Crippen LogP contribution in [-0.2, 0) is 17.7 Å². The van der Waals surface area contributed by atoms with Crippen molar-refractivity contribution in [3.63, 3.8) is 0 Å². The van der Waals surface area contributed by atoms with Crippen LogP contribution in [0.3, 0.4) is 0 Å². The zero-order valence-electron chi connectivity index (χ0n) is 15.9. The molecule has 0 aromatic carbocycles. The molecule has 0 aliphatic carbocycles. The number of methoxy groups -OCH3 is 1. The molecule has 2 aromatic rings. The Labute approximate surface area is 158 Å². The van der Waals surface area contributed by atoms with Gasteiger partial charge in [0.1, 0.15) is 17.8 Å². The number of aryl methyl sites for hydroxylation is 3. The van der Waals surface area contributed by atoms with Crippen LogP contribution in [0.4, 0.5) is 5.82 Å². The number of amides is 1. The fourth-order valence-electron chi connectivity index (χ4n) is 3.95. The summed E-state index contributed by atoms with van der Waals surface area (Å²) in [5.41, 5.74) is 2.59. The van der Waals surface area contributed by atoms with E-state index in [2.05, 4.69) is 25.3 Å². The maximum absolute atomic E-state index is 12.6. The van der Waals surface area contributed by atoms with Crippen LogP contribution in [0.1, 0.15) is 41.1 Å². The molecule has 1 saturated heterocycles. The van der Waals surface area contributed by atoms with Gasteiger partial charge in [0.2, 0.25) is 0 Å². The molecule has 1 amide bonds. The third-order valence-electron chi connectivity index (χ3n) is 5.44.